The van der Waals surface area contributed by atoms with Gasteiger partial charge in [0.1, 0.15) is 25.1 Å². The summed E-state index contributed by atoms with van der Waals surface area (Å²) in [5, 5.41) is 9.99. The smallest absolute Gasteiger partial charge is 0.165 e. The third kappa shape index (κ3) is 6.18. The van der Waals surface area contributed by atoms with Gasteiger partial charge in [-0.1, -0.05) is 29.8 Å². The summed E-state index contributed by atoms with van der Waals surface area (Å²) in [5.74, 6) is 0.559. The molecule has 0 aliphatic heterocycles. The summed E-state index contributed by atoms with van der Waals surface area (Å²) in [5.41, 5.74) is 1.19. The molecule has 1 unspecified atom stereocenters. The molecule has 2 aromatic carbocycles. The van der Waals surface area contributed by atoms with E-state index in [0.29, 0.717) is 19.7 Å². The number of aryl methyl sites for hydroxylation is 1. The second kappa shape index (κ2) is 9.25. The first-order valence-electron chi connectivity index (χ1n) is 7.98. The number of ether oxygens (including phenoxy) is 2. The van der Waals surface area contributed by atoms with Gasteiger partial charge >= 0.3 is 0 Å². The molecular weight excluding hydrogens is 309 g/mol. The van der Waals surface area contributed by atoms with Crippen molar-refractivity contribution < 1.29 is 19.0 Å². The van der Waals surface area contributed by atoms with E-state index in [-0.39, 0.29) is 12.4 Å². The molecule has 0 heterocycles. The normalized spacial score (nSPS) is 12.2. The lowest BCUT2D eigenvalue weighted by Gasteiger charge is -2.21. The van der Waals surface area contributed by atoms with E-state index in [9.17, 15) is 9.50 Å². The Hall–Kier alpha value is -2.11. The fraction of sp³-hybridized carbons (Fsp3) is 0.368. The number of nitrogens with zero attached hydrogens (tertiary/aromatic N) is 1. The zero-order chi connectivity index (χ0) is 17.4. The molecule has 0 saturated heterocycles. The van der Waals surface area contributed by atoms with E-state index < -0.39 is 11.9 Å². The summed E-state index contributed by atoms with van der Waals surface area (Å²) in [7, 11) is 1.89. The van der Waals surface area contributed by atoms with Gasteiger partial charge < -0.3 is 19.5 Å². The van der Waals surface area contributed by atoms with Crippen LogP contribution in [0.15, 0.2) is 48.5 Å². The molecule has 24 heavy (non-hydrogen) atoms. The number of aliphatic hydroxyl groups excluding tert-OH is 1. The van der Waals surface area contributed by atoms with Crippen molar-refractivity contribution in [3.63, 3.8) is 0 Å². The molecule has 130 valence electrons. The van der Waals surface area contributed by atoms with Crippen molar-refractivity contribution in [2.24, 2.45) is 0 Å². The molecule has 0 saturated carbocycles. The number of aliphatic hydroxyl groups is 1. The van der Waals surface area contributed by atoms with Crippen molar-refractivity contribution in [2.75, 3.05) is 33.4 Å². The van der Waals surface area contributed by atoms with Gasteiger partial charge in [-0.15, -0.1) is 0 Å². The van der Waals surface area contributed by atoms with Crippen LogP contribution in [0.25, 0.3) is 0 Å². The van der Waals surface area contributed by atoms with Gasteiger partial charge in [0.05, 0.1) is 0 Å². The average Bonchev–Trinajstić information content (AvgIpc) is 2.56. The number of rotatable bonds is 9. The summed E-state index contributed by atoms with van der Waals surface area (Å²) in [6.45, 7) is 3.70. The first-order valence-corrected chi connectivity index (χ1v) is 7.98. The highest BCUT2D eigenvalue weighted by Crippen LogP contribution is 2.15. The first-order chi connectivity index (χ1) is 11.5. The topological polar surface area (TPSA) is 41.9 Å². The Morgan fingerprint density at radius 3 is 2.50 bits per heavy atom. The molecule has 4 nitrogen and oxygen atoms in total. The average molecular weight is 333 g/mol. The van der Waals surface area contributed by atoms with Gasteiger partial charge in [0.15, 0.2) is 11.6 Å². The number of benzene rings is 2. The third-order valence-corrected chi connectivity index (χ3v) is 3.55. The van der Waals surface area contributed by atoms with Crippen LogP contribution in [0, 0.1) is 12.7 Å². The zero-order valence-electron chi connectivity index (χ0n) is 14.1. The number of hydrogen-bond donors (Lipinski definition) is 1. The monoisotopic (exact) mass is 333 g/mol. The number of para-hydroxylation sites is 1. The summed E-state index contributed by atoms with van der Waals surface area (Å²) in [4.78, 5) is 1.95. The Bertz CT molecular complexity index is 618. The van der Waals surface area contributed by atoms with E-state index >= 15 is 0 Å². The minimum absolute atomic E-state index is 0.0457. The fourth-order valence-electron chi connectivity index (χ4n) is 2.21. The highest BCUT2D eigenvalue weighted by atomic mass is 19.1. The highest BCUT2D eigenvalue weighted by molar-refractivity contribution is 5.26. The lowest BCUT2D eigenvalue weighted by molar-refractivity contribution is 0.0708. The third-order valence-electron chi connectivity index (χ3n) is 3.55. The van der Waals surface area contributed by atoms with Gasteiger partial charge in [0.2, 0.25) is 0 Å². The van der Waals surface area contributed by atoms with E-state index in [2.05, 4.69) is 0 Å². The summed E-state index contributed by atoms with van der Waals surface area (Å²) < 4.78 is 24.4. The SMILES string of the molecule is Cc1ccc(OCCN(C)CC(O)COc2ccccc2F)cc1. The minimum atomic E-state index is -0.700. The van der Waals surface area contributed by atoms with Crippen LogP contribution in [0.2, 0.25) is 0 Å². The molecule has 1 N–H and O–H groups in total. The summed E-state index contributed by atoms with van der Waals surface area (Å²) in [6.07, 6.45) is -0.700. The molecule has 0 fully saturated rings. The van der Waals surface area contributed by atoms with Crippen LogP contribution in [0.1, 0.15) is 5.56 Å². The molecule has 0 bridgehead atoms. The van der Waals surface area contributed by atoms with Crippen LogP contribution < -0.4 is 9.47 Å². The lowest BCUT2D eigenvalue weighted by atomic mass is 10.2. The van der Waals surface area contributed by atoms with E-state index in [1.807, 2.05) is 43.1 Å². The molecule has 0 aromatic heterocycles. The van der Waals surface area contributed by atoms with Gasteiger partial charge in [-0.2, -0.15) is 0 Å². The second-order valence-corrected chi connectivity index (χ2v) is 5.82. The molecule has 5 heteroatoms. The van der Waals surface area contributed by atoms with E-state index in [1.54, 1.807) is 18.2 Å². The molecule has 2 rings (SSSR count). The molecule has 0 radical (unpaired) electrons. The van der Waals surface area contributed by atoms with Crippen LogP contribution in [-0.2, 0) is 0 Å². The highest BCUT2D eigenvalue weighted by Gasteiger charge is 2.11. The van der Waals surface area contributed by atoms with E-state index in [1.165, 1.54) is 11.6 Å². The van der Waals surface area contributed by atoms with Crippen LogP contribution in [-0.4, -0.2) is 49.5 Å². The van der Waals surface area contributed by atoms with Gasteiger partial charge in [-0.25, -0.2) is 4.39 Å². The Morgan fingerprint density at radius 2 is 1.79 bits per heavy atom. The summed E-state index contributed by atoms with van der Waals surface area (Å²) in [6, 6.07) is 14.0. The maximum Gasteiger partial charge on any atom is 0.165 e. The van der Waals surface area contributed by atoms with Crippen LogP contribution in [0.4, 0.5) is 4.39 Å². The Morgan fingerprint density at radius 1 is 1.08 bits per heavy atom. The van der Waals surface area contributed by atoms with Crippen LogP contribution in [0.3, 0.4) is 0 Å². The van der Waals surface area contributed by atoms with Gasteiger partial charge in [0.25, 0.3) is 0 Å². The molecule has 0 spiro atoms. The van der Waals surface area contributed by atoms with Crippen LogP contribution in [0.5, 0.6) is 11.5 Å². The van der Waals surface area contributed by atoms with Crippen molar-refractivity contribution in [3.05, 3.63) is 59.9 Å². The molecule has 2 aromatic rings. The number of likely N-dealkylation sites (N-methyl/N-ethyl adjacent to an activating group) is 1. The van der Waals surface area contributed by atoms with Crippen molar-refractivity contribution in [2.45, 2.75) is 13.0 Å². The predicted octanol–water partition coefficient (Wildman–Crippen LogP) is 2.88. The zero-order valence-corrected chi connectivity index (χ0v) is 14.1. The van der Waals surface area contributed by atoms with Crippen molar-refractivity contribution in [1.82, 2.24) is 4.90 Å². The largest absolute Gasteiger partial charge is 0.492 e. The lowest BCUT2D eigenvalue weighted by Crippen LogP contribution is -2.35. The minimum Gasteiger partial charge on any atom is -0.492 e. The van der Waals surface area contributed by atoms with Gasteiger partial charge in [-0.05, 0) is 38.2 Å². The maximum atomic E-state index is 13.4. The molecular formula is C19H24FNO3. The van der Waals surface area contributed by atoms with Gasteiger partial charge in [0, 0.05) is 13.1 Å². The number of hydrogen-bond acceptors (Lipinski definition) is 4. The molecule has 0 aliphatic rings. The fourth-order valence-corrected chi connectivity index (χ4v) is 2.21. The summed E-state index contributed by atoms with van der Waals surface area (Å²) >= 11 is 0. The van der Waals surface area contributed by atoms with Crippen molar-refractivity contribution in [1.29, 1.82) is 0 Å². The van der Waals surface area contributed by atoms with Crippen molar-refractivity contribution in [3.8, 4) is 11.5 Å². The second-order valence-electron chi connectivity index (χ2n) is 5.82. The Kier molecular flexibility index (Phi) is 7.03. The van der Waals surface area contributed by atoms with Crippen LogP contribution >= 0.6 is 0 Å². The molecule has 1 atom stereocenters. The number of halogens is 1. The standard InChI is InChI=1S/C19H24FNO3/c1-15-7-9-17(10-8-15)23-12-11-21(2)13-16(22)14-24-19-6-4-3-5-18(19)20/h3-10,16,22H,11-14H2,1-2H3. The Labute approximate surface area is 142 Å². The van der Waals surface area contributed by atoms with Gasteiger partial charge in [-0.3, -0.25) is 0 Å². The molecule has 0 aliphatic carbocycles. The Balaban J connectivity index is 1.65. The quantitative estimate of drug-likeness (QED) is 0.766. The maximum absolute atomic E-state index is 13.4. The van der Waals surface area contributed by atoms with E-state index in [0.717, 1.165) is 5.75 Å². The van der Waals surface area contributed by atoms with Crippen molar-refractivity contribution >= 4 is 0 Å². The van der Waals surface area contributed by atoms with E-state index in [4.69, 9.17) is 9.47 Å². The first kappa shape index (κ1) is 18.2. The predicted molar refractivity (Wildman–Crippen MR) is 92.1 cm³/mol. The molecule has 0 amide bonds.